The van der Waals surface area contributed by atoms with Crippen LogP contribution < -0.4 is 5.11 Å². The predicted molar refractivity (Wildman–Crippen MR) is 74.9 cm³/mol. The molecule has 0 amide bonds. The van der Waals surface area contributed by atoms with Crippen molar-refractivity contribution >= 4 is 5.97 Å². The number of carboxylic acid groups (broad SMARTS) is 1. The van der Waals surface area contributed by atoms with Gasteiger partial charge in [0.05, 0.1) is 5.97 Å². The minimum Gasteiger partial charge on any atom is -0.545 e. The summed E-state index contributed by atoms with van der Waals surface area (Å²) < 4.78 is 0. The number of carbonyl (C=O) groups is 1. The van der Waals surface area contributed by atoms with Crippen LogP contribution in [0.2, 0.25) is 0 Å². The molecule has 0 spiro atoms. The molecule has 0 N–H and O–H groups in total. The van der Waals surface area contributed by atoms with Gasteiger partial charge in [-0.05, 0) is 48.1 Å². The third-order valence-electron chi connectivity index (χ3n) is 4.62. The van der Waals surface area contributed by atoms with Crippen LogP contribution in [0, 0.1) is 11.8 Å². The highest BCUT2D eigenvalue weighted by molar-refractivity contribution is 5.85. The topological polar surface area (TPSA) is 40.1 Å². The van der Waals surface area contributed by atoms with E-state index in [4.69, 9.17) is 0 Å². The molecule has 1 aliphatic carbocycles. The van der Waals surface area contributed by atoms with Crippen LogP contribution >= 0.6 is 0 Å². The first-order chi connectivity index (χ1) is 9.11. The van der Waals surface area contributed by atoms with E-state index in [9.17, 15) is 9.90 Å². The van der Waals surface area contributed by atoms with Gasteiger partial charge in [-0.25, -0.2) is 0 Å². The molecule has 1 aromatic rings. The van der Waals surface area contributed by atoms with E-state index >= 15 is 0 Å². The zero-order valence-corrected chi connectivity index (χ0v) is 11.9. The fraction of sp³-hybridized carbons (Fsp3) is 0.588. The van der Waals surface area contributed by atoms with Gasteiger partial charge in [0.25, 0.3) is 0 Å². The number of carboxylic acids is 1. The maximum atomic E-state index is 10.7. The summed E-state index contributed by atoms with van der Waals surface area (Å²) in [7, 11) is 0. The van der Waals surface area contributed by atoms with Crippen LogP contribution in [0.15, 0.2) is 24.3 Å². The minimum absolute atomic E-state index is 0.275. The predicted octanol–water partition coefficient (Wildman–Crippen LogP) is 3.37. The van der Waals surface area contributed by atoms with Crippen LogP contribution in [0.4, 0.5) is 0 Å². The van der Waals surface area contributed by atoms with Crippen LogP contribution in [0.1, 0.15) is 67.8 Å². The second-order valence-electron chi connectivity index (χ2n) is 5.95. The minimum atomic E-state index is -1.09. The molecule has 0 unspecified atom stereocenters. The first-order valence-electron chi connectivity index (χ1n) is 7.43. The Kier molecular flexibility index (Phi) is 4.62. The van der Waals surface area contributed by atoms with Crippen molar-refractivity contribution in [2.45, 2.75) is 51.9 Å². The van der Waals surface area contributed by atoms with E-state index < -0.39 is 5.97 Å². The summed E-state index contributed by atoms with van der Waals surface area (Å²) in [6.45, 7) is 4.62. The Morgan fingerprint density at radius 1 is 1.26 bits per heavy atom. The molecule has 1 fully saturated rings. The SMILES string of the molecule is CCC[C@H]1CC[C@H](c2ccc(C(=O)[O-])cc2)C[C@@H]1C. The second kappa shape index (κ2) is 6.23. The molecule has 2 nitrogen and oxygen atoms in total. The third-order valence-corrected chi connectivity index (χ3v) is 4.62. The molecule has 0 radical (unpaired) electrons. The lowest BCUT2D eigenvalue weighted by molar-refractivity contribution is -0.255. The smallest absolute Gasteiger partial charge is 0.0715 e. The van der Waals surface area contributed by atoms with E-state index in [1.807, 2.05) is 12.1 Å². The van der Waals surface area contributed by atoms with E-state index in [0.717, 1.165) is 11.8 Å². The molecule has 2 heteroatoms. The van der Waals surface area contributed by atoms with Crippen molar-refractivity contribution in [2.75, 3.05) is 0 Å². The first-order valence-corrected chi connectivity index (χ1v) is 7.43. The van der Waals surface area contributed by atoms with E-state index in [0.29, 0.717) is 5.92 Å². The summed E-state index contributed by atoms with van der Waals surface area (Å²) in [5, 5.41) is 10.7. The molecule has 2 rings (SSSR count). The Labute approximate surface area is 115 Å². The summed E-state index contributed by atoms with van der Waals surface area (Å²) in [6.07, 6.45) is 6.40. The Morgan fingerprint density at radius 3 is 2.47 bits per heavy atom. The van der Waals surface area contributed by atoms with Gasteiger partial charge in [-0.1, -0.05) is 51.0 Å². The van der Waals surface area contributed by atoms with Crippen molar-refractivity contribution in [3.05, 3.63) is 35.4 Å². The first kappa shape index (κ1) is 14.1. The Balaban J connectivity index is 2.01. The van der Waals surface area contributed by atoms with Crippen molar-refractivity contribution < 1.29 is 9.90 Å². The maximum Gasteiger partial charge on any atom is 0.0715 e. The lowest BCUT2D eigenvalue weighted by Crippen LogP contribution is -2.23. The maximum absolute atomic E-state index is 10.7. The van der Waals surface area contributed by atoms with Gasteiger partial charge >= 0.3 is 0 Å². The molecule has 1 aromatic carbocycles. The lowest BCUT2D eigenvalue weighted by Gasteiger charge is -2.34. The Bertz CT molecular complexity index is 421. The van der Waals surface area contributed by atoms with Crippen LogP contribution in [0.3, 0.4) is 0 Å². The average molecular weight is 259 g/mol. The standard InChI is InChI=1S/C17H24O2/c1-3-4-13-5-10-16(11-12(13)2)14-6-8-15(9-7-14)17(18)19/h6-9,12-13,16H,3-5,10-11H2,1-2H3,(H,18,19)/p-1/t12-,13-,16-/m0/s1. The normalized spacial score (nSPS) is 27.2. The van der Waals surface area contributed by atoms with E-state index in [1.54, 1.807) is 12.1 Å². The van der Waals surface area contributed by atoms with Crippen LogP contribution in [0.5, 0.6) is 0 Å². The monoisotopic (exact) mass is 259 g/mol. The van der Waals surface area contributed by atoms with Crippen LogP contribution in [0.25, 0.3) is 0 Å². The number of rotatable bonds is 4. The number of hydrogen-bond donors (Lipinski definition) is 0. The molecule has 1 aliphatic rings. The molecular weight excluding hydrogens is 236 g/mol. The van der Waals surface area contributed by atoms with Crippen LogP contribution in [-0.4, -0.2) is 5.97 Å². The molecule has 3 atom stereocenters. The molecule has 0 saturated heterocycles. The fourth-order valence-electron chi connectivity index (χ4n) is 3.45. The van der Waals surface area contributed by atoms with Crippen molar-refractivity contribution in [3.8, 4) is 0 Å². The van der Waals surface area contributed by atoms with Crippen molar-refractivity contribution in [2.24, 2.45) is 11.8 Å². The van der Waals surface area contributed by atoms with Gasteiger partial charge < -0.3 is 9.90 Å². The molecule has 19 heavy (non-hydrogen) atoms. The number of benzene rings is 1. The quantitative estimate of drug-likeness (QED) is 0.831. The van der Waals surface area contributed by atoms with Gasteiger partial charge in [-0.3, -0.25) is 0 Å². The highest BCUT2D eigenvalue weighted by atomic mass is 16.4. The van der Waals surface area contributed by atoms with Gasteiger partial charge in [0.2, 0.25) is 0 Å². The zero-order valence-electron chi connectivity index (χ0n) is 11.9. The van der Waals surface area contributed by atoms with Gasteiger partial charge in [0.15, 0.2) is 0 Å². The zero-order chi connectivity index (χ0) is 13.8. The van der Waals surface area contributed by atoms with E-state index in [-0.39, 0.29) is 5.56 Å². The van der Waals surface area contributed by atoms with E-state index in [1.165, 1.54) is 37.7 Å². The van der Waals surface area contributed by atoms with Crippen LogP contribution in [-0.2, 0) is 0 Å². The summed E-state index contributed by atoms with van der Waals surface area (Å²) in [5.74, 6) is 1.16. The Morgan fingerprint density at radius 2 is 1.95 bits per heavy atom. The number of aromatic carboxylic acids is 1. The highest BCUT2D eigenvalue weighted by Crippen LogP contribution is 2.41. The summed E-state index contributed by atoms with van der Waals surface area (Å²) >= 11 is 0. The van der Waals surface area contributed by atoms with Crippen molar-refractivity contribution in [3.63, 3.8) is 0 Å². The molecule has 0 bridgehead atoms. The summed E-state index contributed by atoms with van der Waals surface area (Å²) in [6, 6.07) is 7.27. The molecule has 0 heterocycles. The summed E-state index contributed by atoms with van der Waals surface area (Å²) in [5.41, 5.74) is 1.56. The van der Waals surface area contributed by atoms with Crippen molar-refractivity contribution in [1.29, 1.82) is 0 Å². The molecule has 0 aromatic heterocycles. The van der Waals surface area contributed by atoms with Crippen molar-refractivity contribution in [1.82, 2.24) is 0 Å². The highest BCUT2D eigenvalue weighted by Gasteiger charge is 2.27. The largest absolute Gasteiger partial charge is 0.545 e. The fourth-order valence-corrected chi connectivity index (χ4v) is 3.45. The third kappa shape index (κ3) is 3.37. The number of hydrogen-bond acceptors (Lipinski definition) is 2. The molecule has 1 saturated carbocycles. The van der Waals surface area contributed by atoms with Gasteiger partial charge in [-0.2, -0.15) is 0 Å². The van der Waals surface area contributed by atoms with Gasteiger partial charge in [0, 0.05) is 0 Å². The van der Waals surface area contributed by atoms with Gasteiger partial charge in [0.1, 0.15) is 0 Å². The number of carbonyl (C=O) groups excluding carboxylic acids is 1. The van der Waals surface area contributed by atoms with Gasteiger partial charge in [-0.15, -0.1) is 0 Å². The molecular formula is C17H23O2-. The molecule has 0 aliphatic heterocycles. The summed E-state index contributed by atoms with van der Waals surface area (Å²) in [4.78, 5) is 10.7. The Hall–Kier alpha value is -1.31. The second-order valence-corrected chi connectivity index (χ2v) is 5.95. The average Bonchev–Trinajstić information content (AvgIpc) is 2.41. The molecule has 104 valence electrons. The lowest BCUT2D eigenvalue weighted by atomic mass is 9.71. The van der Waals surface area contributed by atoms with E-state index in [2.05, 4.69) is 13.8 Å².